The largest absolute Gasteiger partial charge is 0.490 e. The molecule has 19 nitrogen and oxygen atoms in total. The topological polar surface area (TPSA) is 260 Å². The first kappa shape index (κ1) is 66.8. The quantitative estimate of drug-likeness (QED) is 0.0166. The standard InChI is InChI=1S/C64H85F3N2O17S/c1-10-13-18-44-31-45(51(64(65,66)67)68-86-87(78,79)50-21-15-14-20-47(50)69(76)77)22-23-48(44)80-26-27-82-54(72)58(7,11-2)37-60(9,56(74)84-62-34-42-29-43(35-62)33-61(75,32-42)39-62)38-59(8,55(73)83-49-24-25-81-52(49)70)36-57(5,6)53(71)85-63(12-3)40(4)28-41-17-16-19-46(63)30-41/h10,14-15,20-23,31,40-43,46,49,75H,1,11-13,16-19,24-30,32-39H2,2-9H3. The molecule has 1 heterocycles. The van der Waals surface area contributed by atoms with E-state index in [1.165, 1.54) is 18.2 Å². The molecule has 0 radical (unpaired) electrons. The minimum absolute atomic E-state index is 0.0220. The maximum atomic E-state index is 15.6. The third kappa shape index (κ3) is 14.5. The molecule has 6 saturated carbocycles. The van der Waals surface area contributed by atoms with E-state index in [1.54, 1.807) is 41.5 Å². The third-order valence-electron chi connectivity index (χ3n) is 19.8. The van der Waals surface area contributed by atoms with Crippen molar-refractivity contribution >= 4 is 51.4 Å². The number of ether oxygens (including phenoxy) is 6. The van der Waals surface area contributed by atoms with Crippen LogP contribution in [0.2, 0.25) is 0 Å². The van der Waals surface area contributed by atoms with Crippen molar-refractivity contribution in [1.82, 2.24) is 0 Å². The second-order valence-corrected chi connectivity index (χ2v) is 28.9. The predicted octanol–water partition coefficient (Wildman–Crippen LogP) is 12.0. The lowest BCUT2D eigenvalue weighted by Gasteiger charge is -2.59. The van der Waals surface area contributed by atoms with E-state index in [0.717, 1.165) is 68.9 Å². The Balaban J connectivity index is 1.05. The van der Waals surface area contributed by atoms with E-state index < -0.39 is 124 Å². The second kappa shape index (κ2) is 25.4. The first-order chi connectivity index (χ1) is 40.7. The maximum absolute atomic E-state index is 15.6. The van der Waals surface area contributed by atoms with Gasteiger partial charge in [-0.2, -0.15) is 21.6 Å². The van der Waals surface area contributed by atoms with E-state index in [2.05, 4.69) is 22.9 Å². The van der Waals surface area contributed by atoms with Crippen LogP contribution in [-0.4, -0.2) is 103 Å². The van der Waals surface area contributed by atoms with Crippen LogP contribution in [0.25, 0.3) is 0 Å². The number of oxime groups is 1. The third-order valence-corrected chi connectivity index (χ3v) is 21.0. The molecule has 0 amide bonds. The van der Waals surface area contributed by atoms with Crippen LogP contribution in [-0.2, 0) is 68.5 Å². The van der Waals surface area contributed by atoms with E-state index in [9.17, 15) is 51.2 Å². The molecule has 1 saturated heterocycles. The lowest BCUT2D eigenvalue weighted by atomic mass is 9.52. The molecule has 7 fully saturated rings. The molecule has 10 unspecified atom stereocenters. The minimum atomic E-state index is -5.29. The molecule has 0 aromatic heterocycles. The predicted molar refractivity (Wildman–Crippen MR) is 310 cm³/mol. The number of aliphatic hydroxyl groups is 1. The SMILES string of the molecule is C=CCCc1cc(C(=NOS(=O)(=O)c2ccccc2[N+](=O)[O-])C(F)(F)F)ccc1OCCOC(=O)C(C)(CC)CC(C)(CC(C)(CC(C)(C)C(=O)OC1(CC)C(C)CC2CCCC1C2)C(=O)OC1CCOC1=O)C(=O)OC12CC3CC(CC(O)(C3)C1)C2. The van der Waals surface area contributed by atoms with Gasteiger partial charge in [-0.3, -0.25) is 33.6 Å². The molecule has 87 heavy (non-hydrogen) atoms. The molecule has 1 aliphatic heterocycles. The number of benzene rings is 2. The number of fused-ring (bicyclic) bond motifs is 2. The van der Waals surface area contributed by atoms with Gasteiger partial charge in [0.2, 0.25) is 6.10 Å². The van der Waals surface area contributed by atoms with Gasteiger partial charge in [-0.1, -0.05) is 57.0 Å². The Morgan fingerprint density at radius 2 is 1.53 bits per heavy atom. The van der Waals surface area contributed by atoms with E-state index in [4.69, 9.17) is 28.4 Å². The Morgan fingerprint density at radius 3 is 2.15 bits per heavy atom. The number of hydrogen-bond donors (Lipinski definition) is 1. The number of cyclic esters (lactones) is 1. The smallest absolute Gasteiger partial charge is 0.437 e. The summed E-state index contributed by atoms with van der Waals surface area (Å²) in [5, 5.41) is 26.3. The van der Waals surface area contributed by atoms with Gasteiger partial charge in [-0.15, -0.1) is 6.58 Å². The molecule has 10 atom stereocenters. The number of rotatable bonds is 27. The molecular weight excluding hydrogens is 1160 g/mol. The highest BCUT2D eigenvalue weighted by Crippen LogP contribution is 2.61. The maximum Gasteiger partial charge on any atom is 0.437 e. The summed E-state index contributed by atoms with van der Waals surface area (Å²) < 4.78 is 111. The molecule has 6 bridgehead atoms. The molecule has 7 aliphatic rings. The Morgan fingerprint density at radius 1 is 0.851 bits per heavy atom. The van der Waals surface area contributed by atoms with Crippen molar-refractivity contribution in [3.05, 3.63) is 76.4 Å². The number of nitro benzene ring substituents is 1. The highest BCUT2D eigenvalue weighted by molar-refractivity contribution is 7.86. The highest BCUT2D eigenvalue weighted by atomic mass is 32.2. The van der Waals surface area contributed by atoms with Gasteiger partial charge in [0.05, 0.1) is 38.8 Å². The van der Waals surface area contributed by atoms with Crippen molar-refractivity contribution in [3.63, 3.8) is 0 Å². The summed E-state index contributed by atoms with van der Waals surface area (Å²) in [7, 11) is -5.22. The van der Waals surface area contributed by atoms with Crippen molar-refractivity contribution in [2.24, 2.45) is 56.4 Å². The molecule has 480 valence electrons. The second-order valence-electron chi connectivity index (χ2n) is 27.4. The van der Waals surface area contributed by atoms with Crippen LogP contribution in [0.3, 0.4) is 0 Å². The minimum Gasteiger partial charge on any atom is -0.490 e. The zero-order valence-electron chi connectivity index (χ0n) is 51.3. The van der Waals surface area contributed by atoms with Gasteiger partial charge in [0.1, 0.15) is 30.2 Å². The van der Waals surface area contributed by atoms with Crippen LogP contribution < -0.4 is 4.74 Å². The van der Waals surface area contributed by atoms with Crippen molar-refractivity contribution in [2.75, 3.05) is 19.8 Å². The van der Waals surface area contributed by atoms with Crippen molar-refractivity contribution < 1.29 is 88.3 Å². The van der Waals surface area contributed by atoms with Crippen LogP contribution in [0.15, 0.2) is 65.2 Å². The number of para-hydroxylation sites is 1. The fourth-order valence-corrected chi connectivity index (χ4v) is 17.1. The van der Waals surface area contributed by atoms with Crippen LogP contribution >= 0.6 is 0 Å². The number of allylic oxidation sites excluding steroid dienone is 1. The van der Waals surface area contributed by atoms with Crippen molar-refractivity contribution in [1.29, 1.82) is 0 Å². The number of nitrogens with zero attached hydrogens (tertiary/aromatic N) is 2. The number of nitro groups is 1. The number of aryl methyl sites for hydroxylation is 1. The number of carbonyl (C=O) groups excluding carboxylic acids is 5. The zero-order chi connectivity index (χ0) is 63.8. The summed E-state index contributed by atoms with van der Waals surface area (Å²) in [4.78, 5) is 82.8. The Kier molecular flexibility index (Phi) is 19.5. The first-order valence-electron chi connectivity index (χ1n) is 30.6. The van der Waals surface area contributed by atoms with Gasteiger partial charge < -0.3 is 33.5 Å². The summed E-state index contributed by atoms with van der Waals surface area (Å²) in [5.74, 6) is -2.49. The average molecular weight is 1240 g/mol. The first-order valence-corrected chi connectivity index (χ1v) is 32.0. The van der Waals surface area contributed by atoms with Gasteiger partial charge in [0.25, 0.3) is 5.69 Å². The van der Waals surface area contributed by atoms with Crippen LogP contribution in [0.5, 0.6) is 5.75 Å². The van der Waals surface area contributed by atoms with E-state index in [0.29, 0.717) is 38.0 Å². The van der Waals surface area contributed by atoms with Crippen molar-refractivity contribution in [2.45, 2.75) is 211 Å². The fraction of sp³-hybridized carbons (Fsp3) is 0.688. The van der Waals surface area contributed by atoms with Gasteiger partial charge >= 0.3 is 46.1 Å². The summed E-state index contributed by atoms with van der Waals surface area (Å²) in [6.45, 7) is 17.2. The molecule has 6 aliphatic carbocycles. The summed E-state index contributed by atoms with van der Waals surface area (Å²) in [5.41, 5.74) is -12.3. The van der Waals surface area contributed by atoms with E-state index in [1.807, 2.05) is 6.92 Å². The number of esters is 5. The lowest BCUT2D eigenvalue weighted by molar-refractivity contribution is -0.387. The van der Waals surface area contributed by atoms with E-state index in [-0.39, 0.29) is 99.6 Å². The van der Waals surface area contributed by atoms with Crippen LogP contribution in [0.4, 0.5) is 18.9 Å². The van der Waals surface area contributed by atoms with Gasteiger partial charge in [-0.05, 0) is 190 Å². The van der Waals surface area contributed by atoms with Crippen LogP contribution in [0.1, 0.15) is 182 Å². The van der Waals surface area contributed by atoms with E-state index >= 15 is 9.59 Å². The number of alkyl halides is 3. The molecule has 2 aromatic carbocycles. The number of hydrogen-bond acceptors (Lipinski definition) is 18. The highest BCUT2D eigenvalue weighted by Gasteiger charge is 2.62. The fourth-order valence-electron chi connectivity index (χ4n) is 16.2. The Bertz CT molecular complexity index is 3100. The summed E-state index contributed by atoms with van der Waals surface area (Å²) >= 11 is 0. The van der Waals surface area contributed by atoms with Gasteiger partial charge in [0, 0.05) is 24.5 Å². The monoisotopic (exact) mass is 1240 g/mol. The normalized spacial score (nSPS) is 29.1. The van der Waals surface area contributed by atoms with Gasteiger partial charge in [-0.25, -0.2) is 4.79 Å². The molecule has 9 rings (SSSR count). The summed E-state index contributed by atoms with van der Waals surface area (Å²) in [6.07, 6.45) is 3.64. The molecule has 1 N–H and O–H groups in total. The molecule has 0 spiro atoms. The van der Waals surface area contributed by atoms with Gasteiger partial charge in [0.15, 0.2) is 10.6 Å². The number of carbonyl (C=O) groups is 5. The molecule has 23 heteroatoms. The zero-order valence-corrected chi connectivity index (χ0v) is 52.1. The van der Waals surface area contributed by atoms with Crippen LogP contribution in [0, 0.1) is 61.4 Å². The molecular formula is C64H85F3N2O17S. The lowest BCUT2D eigenvalue weighted by Crippen LogP contribution is -2.61. The summed E-state index contributed by atoms with van der Waals surface area (Å²) in [6, 6.07) is 7.13. The van der Waals surface area contributed by atoms with Crippen molar-refractivity contribution in [3.8, 4) is 5.75 Å². The average Bonchev–Trinajstić information content (AvgIpc) is 0.902. The Hall–Kier alpha value is -6.10. The number of halogens is 3. The molecule has 2 aromatic rings. The Labute approximate surface area is 507 Å².